The summed E-state index contributed by atoms with van der Waals surface area (Å²) in [6.45, 7) is 9.13. The van der Waals surface area contributed by atoms with E-state index in [1.807, 2.05) is 7.05 Å². The first kappa shape index (κ1) is 14.9. The SMILES string of the molecule is CCC(CC)(OC)C(COC(C)C)NC. The van der Waals surface area contributed by atoms with Gasteiger partial charge in [0, 0.05) is 7.11 Å². The Balaban J connectivity index is 4.44. The van der Waals surface area contributed by atoms with E-state index in [9.17, 15) is 0 Å². The quantitative estimate of drug-likeness (QED) is 0.676. The molecule has 15 heavy (non-hydrogen) atoms. The molecular weight excluding hydrogens is 190 g/mol. The Morgan fingerprint density at radius 2 is 1.73 bits per heavy atom. The topological polar surface area (TPSA) is 30.5 Å². The summed E-state index contributed by atoms with van der Waals surface area (Å²) in [6.07, 6.45) is 2.25. The van der Waals surface area contributed by atoms with Crippen LogP contribution in [0.3, 0.4) is 0 Å². The lowest BCUT2D eigenvalue weighted by atomic mass is 9.88. The summed E-state index contributed by atoms with van der Waals surface area (Å²) in [5, 5.41) is 3.30. The zero-order valence-corrected chi connectivity index (χ0v) is 11.1. The van der Waals surface area contributed by atoms with Crippen molar-refractivity contribution >= 4 is 0 Å². The minimum absolute atomic E-state index is 0.107. The third-order valence-electron chi connectivity index (χ3n) is 3.18. The zero-order chi connectivity index (χ0) is 11.9. The molecule has 0 spiro atoms. The van der Waals surface area contributed by atoms with Crippen molar-refractivity contribution in [1.29, 1.82) is 0 Å². The van der Waals surface area contributed by atoms with Crippen LogP contribution in [-0.2, 0) is 9.47 Å². The number of rotatable bonds is 8. The van der Waals surface area contributed by atoms with E-state index in [0.29, 0.717) is 6.61 Å². The van der Waals surface area contributed by atoms with Gasteiger partial charge in [-0.3, -0.25) is 0 Å². The molecule has 0 rings (SSSR count). The van der Waals surface area contributed by atoms with Crippen molar-refractivity contribution in [3.63, 3.8) is 0 Å². The summed E-state index contributed by atoms with van der Waals surface area (Å²) in [5.74, 6) is 0. The van der Waals surface area contributed by atoms with Crippen LogP contribution in [0.2, 0.25) is 0 Å². The summed E-state index contributed by atoms with van der Waals surface area (Å²) in [7, 11) is 3.75. The highest BCUT2D eigenvalue weighted by Gasteiger charge is 2.35. The van der Waals surface area contributed by atoms with Crippen LogP contribution in [0.4, 0.5) is 0 Å². The van der Waals surface area contributed by atoms with Gasteiger partial charge in [0.05, 0.1) is 24.4 Å². The van der Waals surface area contributed by atoms with Crippen LogP contribution in [-0.4, -0.2) is 38.5 Å². The van der Waals surface area contributed by atoms with E-state index in [4.69, 9.17) is 9.47 Å². The number of hydrogen-bond donors (Lipinski definition) is 1. The molecule has 0 aromatic rings. The number of likely N-dealkylation sites (N-methyl/N-ethyl adjacent to an activating group) is 1. The minimum atomic E-state index is -0.107. The predicted molar refractivity (Wildman–Crippen MR) is 64.3 cm³/mol. The van der Waals surface area contributed by atoms with Crippen LogP contribution in [0.5, 0.6) is 0 Å². The normalized spacial score (nSPS) is 14.6. The molecule has 0 saturated carbocycles. The Kier molecular flexibility index (Phi) is 7.14. The summed E-state index contributed by atoms with van der Waals surface area (Å²) in [5.41, 5.74) is -0.107. The van der Waals surface area contributed by atoms with Gasteiger partial charge in [0.15, 0.2) is 0 Å². The fourth-order valence-corrected chi connectivity index (χ4v) is 1.96. The smallest absolute Gasteiger partial charge is 0.0848 e. The van der Waals surface area contributed by atoms with E-state index in [1.54, 1.807) is 7.11 Å². The fourth-order valence-electron chi connectivity index (χ4n) is 1.96. The molecule has 0 aliphatic heterocycles. The van der Waals surface area contributed by atoms with E-state index < -0.39 is 0 Å². The van der Waals surface area contributed by atoms with Crippen molar-refractivity contribution in [3.05, 3.63) is 0 Å². The maximum atomic E-state index is 5.68. The molecule has 92 valence electrons. The second kappa shape index (κ2) is 7.20. The first-order valence-corrected chi connectivity index (χ1v) is 5.90. The molecule has 1 N–H and O–H groups in total. The molecule has 1 atom stereocenters. The van der Waals surface area contributed by atoms with Gasteiger partial charge in [0.25, 0.3) is 0 Å². The summed E-state index contributed by atoms with van der Waals surface area (Å²) < 4.78 is 11.3. The average molecular weight is 217 g/mol. The van der Waals surface area contributed by atoms with Crippen molar-refractivity contribution in [2.24, 2.45) is 0 Å². The van der Waals surface area contributed by atoms with Gasteiger partial charge in [0.2, 0.25) is 0 Å². The standard InChI is InChI=1S/C12H27NO2/c1-7-12(8-2,14-6)11(13-5)9-15-10(3)4/h10-11,13H,7-9H2,1-6H3. The molecule has 0 bridgehead atoms. The van der Waals surface area contributed by atoms with Crippen LogP contribution in [0.25, 0.3) is 0 Å². The molecular formula is C12H27NO2. The van der Waals surface area contributed by atoms with Gasteiger partial charge in [-0.15, -0.1) is 0 Å². The Morgan fingerprint density at radius 3 is 2.00 bits per heavy atom. The van der Waals surface area contributed by atoms with Gasteiger partial charge in [-0.05, 0) is 33.7 Å². The van der Waals surface area contributed by atoms with E-state index >= 15 is 0 Å². The Morgan fingerprint density at radius 1 is 1.20 bits per heavy atom. The largest absolute Gasteiger partial charge is 0.377 e. The van der Waals surface area contributed by atoms with Gasteiger partial charge >= 0.3 is 0 Å². The molecule has 0 amide bonds. The third-order valence-corrected chi connectivity index (χ3v) is 3.18. The molecule has 0 fully saturated rings. The van der Waals surface area contributed by atoms with Crippen molar-refractivity contribution in [2.75, 3.05) is 20.8 Å². The molecule has 0 aromatic carbocycles. The highest BCUT2D eigenvalue weighted by Crippen LogP contribution is 2.24. The van der Waals surface area contributed by atoms with E-state index in [2.05, 4.69) is 33.0 Å². The van der Waals surface area contributed by atoms with E-state index in [-0.39, 0.29) is 17.7 Å². The first-order valence-electron chi connectivity index (χ1n) is 5.90. The Labute approximate surface area is 94.5 Å². The van der Waals surface area contributed by atoms with Gasteiger partial charge in [0.1, 0.15) is 0 Å². The molecule has 0 heterocycles. The van der Waals surface area contributed by atoms with Gasteiger partial charge in [-0.1, -0.05) is 13.8 Å². The van der Waals surface area contributed by atoms with E-state index in [1.165, 1.54) is 0 Å². The Bertz CT molecular complexity index is 147. The van der Waals surface area contributed by atoms with Crippen LogP contribution in [0.1, 0.15) is 40.5 Å². The highest BCUT2D eigenvalue weighted by molar-refractivity contribution is 4.90. The zero-order valence-electron chi connectivity index (χ0n) is 11.1. The van der Waals surface area contributed by atoms with Crippen LogP contribution >= 0.6 is 0 Å². The van der Waals surface area contributed by atoms with Gasteiger partial charge in [-0.25, -0.2) is 0 Å². The maximum absolute atomic E-state index is 5.68. The summed E-state index contributed by atoms with van der Waals surface area (Å²) in [6, 6.07) is 0.250. The summed E-state index contributed by atoms with van der Waals surface area (Å²) in [4.78, 5) is 0. The molecule has 0 aromatic heterocycles. The lowest BCUT2D eigenvalue weighted by Gasteiger charge is -2.38. The molecule has 3 heteroatoms. The van der Waals surface area contributed by atoms with Crippen LogP contribution < -0.4 is 5.32 Å². The molecule has 0 radical (unpaired) electrons. The lowest BCUT2D eigenvalue weighted by molar-refractivity contribution is -0.0743. The van der Waals surface area contributed by atoms with Gasteiger partial charge < -0.3 is 14.8 Å². The monoisotopic (exact) mass is 217 g/mol. The summed E-state index contributed by atoms with van der Waals surface area (Å²) >= 11 is 0. The van der Waals surface area contributed by atoms with Crippen molar-refractivity contribution in [2.45, 2.75) is 58.3 Å². The van der Waals surface area contributed by atoms with Crippen molar-refractivity contribution in [1.82, 2.24) is 5.32 Å². The Hall–Kier alpha value is -0.120. The second-order valence-electron chi connectivity index (χ2n) is 4.20. The number of nitrogens with one attached hydrogen (secondary N) is 1. The molecule has 0 aliphatic rings. The highest BCUT2D eigenvalue weighted by atomic mass is 16.5. The minimum Gasteiger partial charge on any atom is -0.377 e. The van der Waals surface area contributed by atoms with Crippen LogP contribution in [0.15, 0.2) is 0 Å². The van der Waals surface area contributed by atoms with Crippen molar-refractivity contribution < 1.29 is 9.47 Å². The van der Waals surface area contributed by atoms with E-state index in [0.717, 1.165) is 12.8 Å². The molecule has 0 saturated heterocycles. The maximum Gasteiger partial charge on any atom is 0.0848 e. The second-order valence-corrected chi connectivity index (χ2v) is 4.20. The van der Waals surface area contributed by atoms with Crippen molar-refractivity contribution in [3.8, 4) is 0 Å². The molecule has 1 unspecified atom stereocenters. The molecule has 3 nitrogen and oxygen atoms in total. The number of methoxy groups -OCH3 is 1. The molecule has 0 aliphatic carbocycles. The van der Waals surface area contributed by atoms with Crippen LogP contribution in [0, 0.1) is 0 Å². The fraction of sp³-hybridized carbons (Fsp3) is 1.00. The first-order chi connectivity index (χ1) is 7.06. The lowest BCUT2D eigenvalue weighted by Crippen LogP contribution is -2.53. The number of hydrogen-bond acceptors (Lipinski definition) is 3. The van der Waals surface area contributed by atoms with Gasteiger partial charge in [-0.2, -0.15) is 0 Å². The average Bonchev–Trinajstić information content (AvgIpc) is 2.24. The predicted octanol–water partition coefficient (Wildman–Crippen LogP) is 2.20. The third kappa shape index (κ3) is 4.09. The number of ether oxygens (including phenoxy) is 2.